The minimum Gasteiger partial charge on any atom is -0.376 e. The van der Waals surface area contributed by atoms with Crippen molar-refractivity contribution >= 4 is 58.1 Å². The Morgan fingerprint density at radius 2 is 1.40 bits per heavy atom. The Kier molecular flexibility index (Phi) is 6.05. The zero-order valence-corrected chi connectivity index (χ0v) is 19.9. The molecule has 6 rings (SSSR count). The van der Waals surface area contributed by atoms with Gasteiger partial charge in [-0.1, -0.05) is 30.3 Å². The van der Waals surface area contributed by atoms with E-state index in [9.17, 15) is 0 Å². The highest BCUT2D eigenvalue weighted by molar-refractivity contribution is 7.99. The number of aromatic nitrogens is 4. The topological polar surface area (TPSA) is 66.6 Å². The number of ether oxygens (including phenoxy) is 1. The molecule has 0 spiro atoms. The summed E-state index contributed by atoms with van der Waals surface area (Å²) in [7, 11) is 0. The van der Waals surface area contributed by atoms with Crippen LogP contribution in [0.5, 0.6) is 0 Å². The summed E-state index contributed by atoms with van der Waals surface area (Å²) >= 11 is 1.76. The summed E-state index contributed by atoms with van der Waals surface area (Å²) in [6, 6.07) is 24.8. The molecule has 172 valence electrons. The number of aromatic amines is 2. The second-order valence-electron chi connectivity index (χ2n) is 8.40. The van der Waals surface area contributed by atoms with Gasteiger partial charge in [0.15, 0.2) is 0 Å². The number of nitrogens with zero attached hydrogens (tertiary/aromatic N) is 2. The number of rotatable bonds is 6. The Morgan fingerprint density at radius 3 is 2.29 bits per heavy atom. The van der Waals surface area contributed by atoms with Crippen molar-refractivity contribution in [1.29, 1.82) is 0 Å². The Hall–Kier alpha value is -3.87. The van der Waals surface area contributed by atoms with Crippen LogP contribution in [0.2, 0.25) is 0 Å². The highest BCUT2D eigenvalue weighted by Gasteiger charge is 2.10. The first-order valence-corrected chi connectivity index (χ1v) is 12.6. The predicted molar refractivity (Wildman–Crippen MR) is 146 cm³/mol. The molecule has 0 radical (unpaired) electrons. The molecule has 5 nitrogen and oxygen atoms in total. The molecular weight excluding hydrogens is 452 g/mol. The molecule has 0 saturated carbocycles. The number of fused-ring (bicyclic) bond motifs is 8. The Bertz CT molecular complexity index is 1580. The molecule has 0 amide bonds. The Labute approximate surface area is 207 Å². The van der Waals surface area contributed by atoms with Crippen LogP contribution in [0.4, 0.5) is 0 Å². The average molecular weight is 477 g/mol. The van der Waals surface area contributed by atoms with E-state index >= 15 is 0 Å². The van der Waals surface area contributed by atoms with Crippen molar-refractivity contribution in [2.75, 3.05) is 12.4 Å². The Morgan fingerprint density at radius 1 is 0.686 bits per heavy atom. The van der Waals surface area contributed by atoms with Crippen molar-refractivity contribution in [2.24, 2.45) is 0 Å². The first-order valence-electron chi connectivity index (χ1n) is 11.6. The number of benzene rings is 1. The minimum atomic E-state index is 0.621. The highest BCUT2D eigenvalue weighted by Crippen LogP contribution is 2.29. The number of nitrogens with one attached hydrogen (secondary N) is 2. The van der Waals surface area contributed by atoms with Crippen LogP contribution < -0.4 is 0 Å². The second-order valence-corrected chi connectivity index (χ2v) is 9.50. The summed E-state index contributed by atoms with van der Waals surface area (Å²) in [5.41, 5.74) is 8.99. The van der Waals surface area contributed by atoms with Gasteiger partial charge in [-0.3, -0.25) is 0 Å². The zero-order chi connectivity index (χ0) is 23.5. The molecule has 1 aromatic carbocycles. The summed E-state index contributed by atoms with van der Waals surface area (Å²) in [6.07, 6.45) is 8.17. The monoisotopic (exact) mass is 476 g/mol. The molecule has 6 heteroatoms. The van der Waals surface area contributed by atoms with E-state index in [1.54, 1.807) is 11.8 Å². The van der Waals surface area contributed by atoms with Gasteiger partial charge >= 0.3 is 0 Å². The summed E-state index contributed by atoms with van der Waals surface area (Å²) in [5.74, 6) is 0.829. The zero-order valence-electron chi connectivity index (χ0n) is 19.1. The lowest BCUT2D eigenvalue weighted by atomic mass is 10.2. The predicted octanol–water partition coefficient (Wildman–Crippen LogP) is 6.96. The Balaban J connectivity index is 1.36. The van der Waals surface area contributed by atoms with Crippen LogP contribution in [0.1, 0.15) is 28.3 Å². The van der Waals surface area contributed by atoms with E-state index in [4.69, 9.17) is 14.7 Å². The number of H-pyrrole nitrogens is 2. The number of thioether (sulfide) groups is 1. The van der Waals surface area contributed by atoms with E-state index in [-0.39, 0.29) is 0 Å². The van der Waals surface area contributed by atoms with E-state index in [2.05, 4.69) is 58.5 Å². The molecule has 0 unspecified atom stereocenters. The quantitative estimate of drug-likeness (QED) is 0.201. The minimum absolute atomic E-state index is 0.621. The SMILES string of the molecule is C1=Cc2cc3ccc(cc4ccc([nH]4)c(SCCOCc4ccccc4)c4nc(cc1n2)C=C4)[nH]3. The van der Waals surface area contributed by atoms with Gasteiger partial charge in [0, 0.05) is 22.3 Å². The fourth-order valence-corrected chi connectivity index (χ4v) is 5.04. The van der Waals surface area contributed by atoms with Gasteiger partial charge < -0.3 is 14.7 Å². The van der Waals surface area contributed by atoms with Gasteiger partial charge in [-0.05, 0) is 72.3 Å². The first-order chi connectivity index (χ1) is 17.3. The third kappa shape index (κ3) is 5.14. The van der Waals surface area contributed by atoms with E-state index in [0.29, 0.717) is 13.2 Å². The molecule has 2 N–H and O–H groups in total. The summed E-state index contributed by atoms with van der Waals surface area (Å²) in [6.45, 7) is 1.28. The van der Waals surface area contributed by atoms with Crippen LogP contribution in [0, 0.1) is 0 Å². The normalized spacial score (nSPS) is 12.3. The van der Waals surface area contributed by atoms with Crippen molar-refractivity contribution < 1.29 is 4.74 Å². The highest BCUT2D eigenvalue weighted by atomic mass is 32.2. The lowest BCUT2D eigenvalue weighted by molar-refractivity contribution is 0.136. The van der Waals surface area contributed by atoms with E-state index in [0.717, 1.165) is 55.5 Å². The van der Waals surface area contributed by atoms with Crippen molar-refractivity contribution in [2.45, 2.75) is 11.5 Å². The fraction of sp³-hybridized carbons (Fsp3) is 0.103. The van der Waals surface area contributed by atoms with Crippen molar-refractivity contribution in [1.82, 2.24) is 19.9 Å². The molecule has 0 saturated heterocycles. The third-order valence-corrected chi connectivity index (χ3v) is 6.85. The molecule has 2 aliphatic heterocycles. The number of hydrogen-bond acceptors (Lipinski definition) is 4. The van der Waals surface area contributed by atoms with E-state index in [1.165, 1.54) is 5.56 Å². The van der Waals surface area contributed by atoms with E-state index in [1.807, 2.05) is 48.6 Å². The van der Waals surface area contributed by atoms with Gasteiger partial charge in [0.1, 0.15) is 0 Å². The standard InChI is InChI=1S/C29H24N4OS/c1-2-4-20(5-3-1)19-34-14-15-35-29-27-12-10-25(32-27)17-23-8-6-21(30-23)16-22-7-9-24(31-22)18-26-11-13-28(29)33-26/h1-13,16-18,30,32H,14-15,19H2. The second kappa shape index (κ2) is 9.78. The van der Waals surface area contributed by atoms with Gasteiger partial charge in [0.25, 0.3) is 0 Å². The van der Waals surface area contributed by atoms with Crippen LogP contribution in [-0.2, 0) is 11.3 Å². The maximum atomic E-state index is 5.92. The molecule has 0 aliphatic carbocycles. The number of hydrogen-bond donors (Lipinski definition) is 2. The summed E-state index contributed by atoms with van der Waals surface area (Å²) < 4.78 is 5.92. The van der Waals surface area contributed by atoms with Crippen molar-refractivity contribution in [3.05, 3.63) is 101 Å². The molecular formula is C29H24N4OS. The van der Waals surface area contributed by atoms with Crippen LogP contribution in [-0.4, -0.2) is 32.3 Å². The average Bonchev–Trinajstić information content (AvgIpc) is 3.67. The van der Waals surface area contributed by atoms with Gasteiger partial charge in [0.05, 0.1) is 46.4 Å². The van der Waals surface area contributed by atoms with Gasteiger partial charge in [0.2, 0.25) is 0 Å². The lowest BCUT2D eigenvalue weighted by Crippen LogP contribution is -1.98. The maximum Gasteiger partial charge on any atom is 0.0794 e. The summed E-state index contributed by atoms with van der Waals surface area (Å²) in [5, 5.41) is 0. The molecule has 4 aromatic rings. The largest absolute Gasteiger partial charge is 0.376 e. The molecule has 2 aliphatic rings. The van der Waals surface area contributed by atoms with Gasteiger partial charge in [-0.2, -0.15) is 0 Å². The van der Waals surface area contributed by atoms with E-state index < -0.39 is 0 Å². The maximum absolute atomic E-state index is 5.92. The van der Waals surface area contributed by atoms with Crippen LogP contribution in [0.25, 0.3) is 46.4 Å². The fourth-order valence-electron chi connectivity index (χ4n) is 4.10. The molecule has 0 atom stereocenters. The van der Waals surface area contributed by atoms with Crippen LogP contribution in [0.15, 0.2) is 77.7 Å². The van der Waals surface area contributed by atoms with Gasteiger partial charge in [-0.15, -0.1) is 11.8 Å². The van der Waals surface area contributed by atoms with Crippen LogP contribution >= 0.6 is 11.8 Å². The van der Waals surface area contributed by atoms with Crippen molar-refractivity contribution in [3.8, 4) is 0 Å². The first kappa shape index (κ1) is 21.6. The van der Waals surface area contributed by atoms with Crippen LogP contribution in [0.3, 0.4) is 0 Å². The third-order valence-electron chi connectivity index (χ3n) is 5.76. The van der Waals surface area contributed by atoms with Crippen molar-refractivity contribution in [3.63, 3.8) is 0 Å². The molecule has 0 fully saturated rings. The molecule has 5 heterocycles. The smallest absolute Gasteiger partial charge is 0.0794 e. The molecule has 3 aromatic heterocycles. The summed E-state index contributed by atoms with van der Waals surface area (Å²) in [4.78, 5) is 17.7. The van der Waals surface area contributed by atoms with Gasteiger partial charge in [-0.25, -0.2) is 9.97 Å². The molecule has 35 heavy (non-hydrogen) atoms. The molecule has 8 bridgehead atoms. The lowest BCUT2D eigenvalue weighted by Gasteiger charge is -2.05.